The lowest BCUT2D eigenvalue weighted by atomic mass is 10.1. The number of amides is 1. The maximum absolute atomic E-state index is 13.1. The van der Waals surface area contributed by atoms with Crippen molar-refractivity contribution in [1.29, 1.82) is 0 Å². The molecule has 0 atom stereocenters. The van der Waals surface area contributed by atoms with Crippen LogP contribution in [0.1, 0.15) is 0 Å². The van der Waals surface area contributed by atoms with Crippen LogP contribution in [0.4, 0.5) is 0 Å². The van der Waals surface area contributed by atoms with Gasteiger partial charge in [0.1, 0.15) is 11.4 Å². The monoisotopic (exact) mass is 401 g/mol. The zero-order valence-corrected chi connectivity index (χ0v) is 16.8. The molecule has 0 N–H and O–H groups in total. The van der Waals surface area contributed by atoms with Crippen LogP contribution in [0.3, 0.4) is 0 Å². The molecule has 8 heteroatoms. The number of hydrogen-bond acceptors (Lipinski definition) is 6. The second kappa shape index (κ2) is 9.59. The zero-order chi connectivity index (χ0) is 19.9. The number of hydrogen-bond donors (Lipinski definition) is 0. The Labute approximate surface area is 167 Å². The highest BCUT2D eigenvalue weighted by Crippen LogP contribution is 2.30. The summed E-state index contributed by atoms with van der Waals surface area (Å²) in [5.41, 5.74) is 1.59. The second-order valence-electron chi connectivity index (χ2n) is 6.24. The van der Waals surface area contributed by atoms with Crippen LogP contribution in [0.15, 0.2) is 46.8 Å². The Morgan fingerprint density at radius 1 is 1.14 bits per heavy atom. The molecule has 28 heavy (non-hydrogen) atoms. The van der Waals surface area contributed by atoms with Crippen molar-refractivity contribution in [3.8, 4) is 11.1 Å². The molecule has 2 aromatic heterocycles. The molecule has 0 fully saturated rings. The summed E-state index contributed by atoms with van der Waals surface area (Å²) in [5.74, 6) is -0.172. The van der Waals surface area contributed by atoms with Gasteiger partial charge in [0.05, 0.1) is 24.9 Å². The fraction of sp³-hybridized carbons (Fsp3) is 0.350. The van der Waals surface area contributed by atoms with E-state index in [1.165, 1.54) is 22.2 Å². The summed E-state index contributed by atoms with van der Waals surface area (Å²) in [6, 6.07) is 9.71. The first-order valence-corrected chi connectivity index (χ1v) is 9.81. The Morgan fingerprint density at radius 2 is 1.82 bits per heavy atom. The van der Waals surface area contributed by atoms with E-state index in [2.05, 4.69) is 4.98 Å². The topological polar surface area (TPSA) is 73.7 Å². The van der Waals surface area contributed by atoms with E-state index in [0.717, 1.165) is 11.1 Å². The van der Waals surface area contributed by atoms with Gasteiger partial charge in [-0.1, -0.05) is 30.3 Å². The summed E-state index contributed by atoms with van der Waals surface area (Å²) < 4.78 is 11.5. The van der Waals surface area contributed by atoms with Gasteiger partial charge in [0.2, 0.25) is 5.91 Å². The Morgan fingerprint density at radius 3 is 2.46 bits per heavy atom. The van der Waals surface area contributed by atoms with Crippen molar-refractivity contribution in [3.63, 3.8) is 0 Å². The number of thiophene rings is 1. The summed E-state index contributed by atoms with van der Waals surface area (Å²) in [6.07, 6.45) is 1.44. The SMILES string of the molecule is COCCN(CCOC)C(=O)Cn1cnc2scc(-c3ccccc3)c2c1=O. The van der Waals surface area contributed by atoms with E-state index in [0.29, 0.717) is 36.5 Å². The predicted octanol–water partition coefficient (Wildman–Crippen LogP) is 2.25. The van der Waals surface area contributed by atoms with Crippen molar-refractivity contribution in [2.24, 2.45) is 0 Å². The molecule has 0 bridgehead atoms. The smallest absolute Gasteiger partial charge is 0.263 e. The lowest BCUT2D eigenvalue weighted by Crippen LogP contribution is -2.40. The van der Waals surface area contributed by atoms with Crippen molar-refractivity contribution in [2.45, 2.75) is 6.54 Å². The lowest BCUT2D eigenvalue weighted by molar-refractivity contribution is -0.133. The van der Waals surface area contributed by atoms with Gasteiger partial charge in [-0.3, -0.25) is 14.2 Å². The number of nitrogens with zero attached hydrogens (tertiary/aromatic N) is 3. The van der Waals surface area contributed by atoms with Gasteiger partial charge in [-0.05, 0) is 5.56 Å². The zero-order valence-electron chi connectivity index (χ0n) is 16.0. The van der Waals surface area contributed by atoms with Gasteiger partial charge in [0.15, 0.2) is 0 Å². The number of ether oxygens (including phenoxy) is 2. The lowest BCUT2D eigenvalue weighted by Gasteiger charge is -2.22. The Bertz CT molecular complexity index is 976. The molecule has 0 spiro atoms. The van der Waals surface area contributed by atoms with Gasteiger partial charge >= 0.3 is 0 Å². The minimum absolute atomic E-state index is 0.0702. The number of fused-ring (bicyclic) bond motifs is 1. The molecule has 0 aliphatic heterocycles. The molecule has 0 aliphatic rings. The molecule has 0 radical (unpaired) electrons. The van der Waals surface area contributed by atoms with Crippen LogP contribution < -0.4 is 5.56 Å². The van der Waals surface area contributed by atoms with Gasteiger partial charge in [0, 0.05) is 38.3 Å². The maximum Gasteiger partial charge on any atom is 0.263 e. The van der Waals surface area contributed by atoms with E-state index in [4.69, 9.17) is 9.47 Å². The van der Waals surface area contributed by atoms with Gasteiger partial charge < -0.3 is 14.4 Å². The van der Waals surface area contributed by atoms with E-state index < -0.39 is 0 Å². The Hall–Kier alpha value is -2.55. The van der Waals surface area contributed by atoms with Crippen molar-refractivity contribution in [3.05, 3.63) is 52.4 Å². The molecule has 1 amide bonds. The highest BCUT2D eigenvalue weighted by Gasteiger charge is 2.17. The highest BCUT2D eigenvalue weighted by atomic mass is 32.1. The predicted molar refractivity (Wildman–Crippen MR) is 110 cm³/mol. The van der Waals surface area contributed by atoms with Crippen molar-refractivity contribution in [2.75, 3.05) is 40.5 Å². The van der Waals surface area contributed by atoms with Crippen molar-refractivity contribution in [1.82, 2.24) is 14.5 Å². The van der Waals surface area contributed by atoms with Crippen LogP contribution in [0.2, 0.25) is 0 Å². The maximum atomic E-state index is 13.1. The number of benzene rings is 1. The van der Waals surface area contributed by atoms with Crippen LogP contribution in [0, 0.1) is 0 Å². The van der Waals surface area contributed by atoms with Crippen LogP contribution in [0.25, 0.3) is 21.3 Å². The summed E-state index contributed by atoms with van der Waals surface area (Å²) >= 11 is 1.43. The largest absolute Gasteiger partial charge is 0.383 e. The first-order chi connectivity index (χ1) is 13.7. The van der Waals surface area contributed by atoms with E-state index >= 15 is 0 Å². The summed E-state index contributed by atoms with van der Waals surface area (Å²) in [6.45, 7) is 1.65. The normalized spacial score (nSPS) is 11.1. The molecular formula is C20H23N3O4S. The van der Waals surface area contributed by atoms with Crippen LogP contribution in [0.5, 0.6) is 0 Å². The quantitative estimate of drug-likeness (QED) is 0.550. The first-order valence-electron chi connectivity index (χ1n) is 8.93. The molecule has 0 aliphatic carbocycles. The van der Waals surface area contributed by atoms with E-state index in [9.17, 15) is 9.59 Å². The van der Waals surface area contributed by atoms with Gasteiger partial charge in [-0.25, -0.2) is 4.98 Å². The number of carbonyl (C=O) groups excluding carboxylic acids is 1. The standard InChI is InChI=1S/C20H23N3O4S/c1-26-10-8-22(9-11-27-2)17(24)12-23-14-21-19-18(20(23)25)16(13-28-19)15-6-4-3-5-7-15/h3-7,13-14H,8-12H2,1-2H3. The van der Waals surface area contributed by atoms with Crippen LogP contribution in [-0.4, -0.2) is 60.9 Å². The molecule has 7 nitrogen and oxygen atoms in total. The highest BCUT2D eigenvalue weighted by molar-refractivity contribution is 7.17. The third-order valence-electron chi connectivity index (χ3n) is 4.43. The Balaban J connectivity index is 1.90. The molecule has 148 valence electrons. The van der Waals surface area contributed by atoms with Crippen molar-refractivity contribution < 1.29 is 14.3 Å². The fourth-order valence-corrected chi connectivity index (χ4v) is 3.83. The summed E-state index contributed by atoms with van der Waals surface area (Å²) in [5, 5.41) is 2.48. The van der Waals surface area contributed by atoms with E-state index in [1.54, 1.807) is 19.1 Å². The molecule has 0 saturated carbocycles. The van der Waals surface area contributed by atoms with E-state index in [1.807, 2.05) is 35.7 Å². The number of rotatable bonds is 9. The molecule has 0 saturated heterocycles. The van der Waals surface area contributed by atoms with Gasteiger partial charge in [-0.15, -0.1) is 11.3 Å². The molecule has 1 aromatic carbocycles. The average molecular weight is 401 g/mol. The van der Waals surface area contributed by atoms with Gasteiger partial charge in [0.25, 0.3) is 5.56 Å². The average Bonchev–Trinajstić information content (AvgIpc) is 3.16. The summed E-state index contributed by atoms with van der Waals surface area (Å²) in [4.78, 5) is 32.5. The van der Waals surface area contributed by atoms with E-state index in [-0.39, 0.29) is 18.0 Å². The summed E-state index contributed by atoms with van der Waals surface area (Å²) in [7, 11) is 3.17. The molecule has 0 unspecified atom stereocenters. The van der Waals surface area contributed by atoms with Crippen molar-refractivity contribution >= 4 is 27.5 Å². The Kier molecular flexibility index (Phi) is 6.91. The molecular weight excluding hydrogens is 378 g/mol. The minimum Gasteiger partial charge on any atom is -0.383 e. The number of methoxy groups -OCH3 is 2. The third-order valence-corrected chi connectivity index (χ3v) is 5.32. The second-order valence-corrected chi connectivity index (χ2v) is 7.10. The molecule has 3 aromatic rings. The first kappa shape index (κ1) is 20.2. The van der Waals surface area contributed by atoms with Gasteiger partial charge in [-0.2, -0.15) is 0 Å². The third kappa shape index (κ3) is 4.46. The fourth-order valence-electron chi connectivity index (χ4n) is 2.92. The van der Waals surface area contributed by atoms with Crippen LogP contribution >= 0.6 is 11.3 Å². The molecule has 2 heterocycles. The number of aromatic nitrogens is 2. The van der Waals surface area contributed by atoms with Crippen LogP contribution in [-0.2, 0) is 20.8 Å². The number of carbonyl (C=O) groups is 1. The minimum atomic E-state index is -0.211. The molecule has 3 rings (SSSR count).